The second-order valence-corrected chi connectivity index (χ2v) is 9.27. The topological polar surface area (TPSA) is 76.9 Å². The molecule has 0 bridgehead atoms. The first kappa shape index (κ1) is 22.6. The third-order valence-corrected chi connectivity index (χ3v) is 6.72. The Labute approximate surface area is 204 Å². The quantitative estimate of drug-likeness (QED) is 0.340. The summed E-state index contributed by atoms with van der Waals surface area (Å²) in [5.41, 5.74) is 4.43. The molecule has 35 heavy (non-hydrogen) atoms. The van der Waals surface area contributed by atoms with Crippen LogP contribution in [0.15, 0.2) is 83.7 Å². The van der Waals surface area contributed by atoms with Crippen LogP contribution in [0.5, 0.6) is 0 Å². The second-order valence-electron chi connectivity index (χ2n) is 8.24. The number of carbonyl (C=O) groups is 1. The van der Waals surface area contributed by atoms with Crippen molar-refractivity contribution in [3.63, 3.8) is 0 Å². The third-order valence-electron chi connectivity index (χ3n) is 5.65. The minimum absolute atomic E-state index is 0.362. The highest BCUT2D eigenvalue weighted by molar-refractivity contribution is 7.21. The summed E-state index contributed by atoms with van der Waals surface area (Å²) in [6.07, 6.45) is 0. The summed E-state index contributed by atoms with van der Waals surface area (Å²) in [6, 6.07) is 21.5. The lowest BCUT2D eigenvalue weighted by Crippen LogP contribution is -2.33. The van der Waals surface area contributed by atoms with Gasteiger partial charge in [-0.05, 0) is 86.1 Å². The molecule has 0 fully saturated rings. The van der Waals surface area contributed by atoms with Gasteiger partial charge in [-0.3, -0.25) is 9.59 Å². The molecule has 1 atom stereocenters. The van der Waals surface area contributed by atoms with Gasteiger partial charge in [0.1, 0.15) is 16.9 Å². The number of amides is 1. The van der Waals surface area contributed by atoms with Crippen LogP contribution in [0, 0.1) is 12.7 Å². The molecule has 5 aromatic rings. The van der Waals surface area contributed by atoms with E-state index in [-0.39, 0.29) is 11.7 Å². The van der Waals surface area contributed by atoms with Crippen molar-refractivity contribution in [3.05, 3.63) is 101 Å². The normalized spacial score (nSPS) is 12.0. The van der Waals surface area contributed by atoms with Gasteiger partial charge in [0.2, 0.25) is 5.91 Å². The van der Waals surface area contributed by atoms with Crippen LogP contribution < -0.4 is 10.9 Å². The highest BCUT2D eigenvalue weighted by atomic mass is 32.1. The molecule has 2 aromatic heterocycles. The highest BCUT2D eigenvalue weighted by Crippen LogP contribution is 2.31. The maximum Gasteiger partial charge on any atom is 0.267 e. The fourth-order valence-corrected chi connectivity index (χ4v) is 4.76. The Morgan fingerprint density at radius 3 is 2.43 bits per heavy atom. The molecule has 1 unspecified atom stereocenters. The Balaban J connectivity index is 1.33. The molecule has 2 heterocycles. The molecule has 0 saturated heterocycles. The maximum absolute atomic E-state index is 13.2. The van der Waals surface area contributed by atoms with Crippen LogP contribution in [0.1, 0.15) is 18.5 Å². The zero-order chi connectivity index (χ0) is 24.5. The van der Waals surface area contributed by atoms with E-state index in [1.165, 1.54) is 23.8 Å². The smallest absolute Gasteiger partial charge is 0.267 e. The summed E-state index contributed by atoms with van der Waals surface area (Å²) in [5, 5.41) is 8.08. The van der Waals surface area contributed by atoms with Crippen LogP contribution >= 0.6 is 11.3 Å². The lowest BCUT2D eigenvalue weighted by molar-refractivity contribution is -0.119. The fourth-order valence-electron chi connectivity index (χ4n) is 3.69. The zero-order valence-electron chi connectivity index (χ0n) is 19.0. The molecule has 5 rings (SSSR count). The van der Waals surface area contributed by atoms with Gasteiger partial charge in [0, 0.05) is 22.9 Å². The molecule has 6 nitrogen and oxygen atoms in total. The van der Waals surface area contributed by atoms with Crippen LogP contribution in [-0.4, -0.2) is 20.7 Å². The maximum atomic E-state index is 13.2. The van der Waals surface area contributed by atoms with Crippen LogP contribution in [0.25, 0.3) is 32.0 Å². The van der Waals surface area contributed by atoms with E-state index in [0.29, 0.717) is 16.9 Å². The van der Waals surface area contributed by atoms with Crippen molar-refractivity contribution >= 4 is 33.1 Å². The van der Waals surface area contributed by atoms with E-state index in [4.69, 9.17) is 4.98 Å². The molecule has 3 aromatic carbocycles. The Morgan fingerprint density at radius 2 is 1.69 bits per heavy atom. The van der Waals surface area contributed by atoms with Crippen molar-refractivity contribution in [1.82, 2.24) is 14.8 Å². The van der Waals surface area contributed by atoms with E-state index in [9.17, 15) is 14.0 Å². The van der Waals surface area contributed by atoms with E-state index in [1.807, 2.05) is 36.4 Å². The summed E-state index contributed by atoms with van der Waals surface area (Å²) in [7, 11) is 0. The SMILES string of the molecule is Cc1ccc2nc(-c3ccc(NC(=O)C(C)n4nc(-c5ccc(F)cc5)ccc4=O)cc3)sc2c1. The Hall–Kier alpha value is -4.17. The van der Waals surface area contributed by atoms with Crippen molar-refractivity contribution in [2.75, 3.05) is 5.32 Å². The Kier molecular flexibility index (Phi) is 5.96. The van der Waals surface area contributed by atoms with E-state index < -0.39 is 11.6 Å². The lowest BCUT2D eigenvalue weighted by Gasteiger charge is -2.15. The van der Waals surface area contributed by atoms with Gasteiger partial charge in [0.05, 0.1) is 15.9 Å². The average Bonchev–Trinajstić information content (AvgIpc) is 3.28. The number of aryl methyl sites for hydroxylation is 1. The number of hydrogen-bond acceptors (Lipinski definition) is 5. The molecule has 8 heteroatoms. The van der Waals surface area contributed by atoms with Crippen molar-refractivity contribution in [1.29, 1.82) is 0 Å². The number of fused-ring (bicyclic) bond motifs is 1. The van der Waals surface area contributed by atoms with Crippen LogP contribution in [0.2, 0.25) is 0 Å². The average molecular weight is 485 g/mol. The van der Waals surface area contributed by atoms with Crippen LogP contribution in [0.3, 0.4) is 0 Å². The molecule has 0 saturated carbocycles. The monoisotopic (exact) mass is 484 g/mol. The fraction of sp³-hybridized carbons (Fsp3) is 0.111. The highest BCUT2D eigenvalue weighted by Gasteiger charge is 2.18. The number of rotatable bonds is 5. The molecule has 0 aliphatic heterocycles. The standard InChI is InChI=1S/C27H21FN4O2S/c1-16-3-12-23-24(15-16)35-27(30-23)19-6-10-21(11-7-19)29-26(34)17(2)32-25(33)14-13-22(31-32)18-4-8-20(28)9-5-18/h3-15,17H,1-2H3,(H,29,34). The van der Waals surface area contributed by atoms with E-state index in [1.54, 1.807) is 36.5 Å². The number of anilines is 1. The van der Waals surface area contributed by atoms with Crippen LogP contribution in [0.4, 0.5) is 10.1 Å². The van der Waals surface area contributed by atoms with Crippen molar-refractivity contribution in [2.45, 2.75) is 19.9 Å². The zero-order valence-corrected chi connectivity index (χ0v) is 19.8. The lowest BCUT2D eigenvalue weighted by atomic mass is 10.1. The molecule has 1 amide bonds. The number of thiazole rings is 1. The van der Waals surface area contributed by atoms with E-state index in [2.05, 4.69) is 23.4 Å². The minimum Gasteiger partial charge on any atom is -0.324 e. The summed E-state index contributed by atoms with van der Waals surface area (Å²) in [4.78, 5) is 30.0. The summed E-state index contributed by atoms with van der Waals surface area (Å²) in [5.74, 6) is -0.738. The number of nitrogens with zero attached hydrogens (tertiary/aromatic N) is 3. The predicted octanol–water partition coefficient (Wildman–Crippen LogP) is 5.83. The molecule has 0 aliphatic carbocycles. The predicted molar refractivity (Wildman–Crippen MR) is 137 cm³/mol. The van der Waals surface area contributed by atoms with Crippen molar-refractivity contribution < 1.29 is 9.18 Å². The van der Waals surface area contributed by atoms with Crippen LogP contribution in [-0.2, 0) is 4.79 Å². The van der Waals surface area contributed by atoms with Crippen molar-refractivity contribution in [2.24, 2.45) is 0 Å². The van der Waals surface area contributed by atoms with Gasteiger partial charge < -0.3 is 5.32 Å². The van der Waals surface area contributed by atoms with Gasteiger partial charge in [0.15, 0.2) is 0 Å². The molecular formula is C27H21FN4O2S. The molecule has 0 radical (unpaired) electrons. The Morgan fingerprint density at radius 1 is 0.971 bits per heavy atom. The Bertz CT molecular complexity index is 1590. The molecule has 1 N–H and O–H groups in total. The van der Waals surface area contributed by atoms with Gasteiger partial charge in [-0.2, -0.15) is 5.10 Å². The van der Waals surface area contributed by atoms with Gasteiger partial charge in [-0.25, -0.2) is 14.1 Å². The van der Waals surface area contributed by atoms with Gasteiger partial charge >= 0.3 is 0 Å². The van der Waals surface area contributed by atoms with Gasteiger partial charge in [-0.15, -0.1) is 11.3 Å². The minimum atomic E-state index is -0.852. The van der Waals surface area contributed by atoms with Crippen molar-refractivity contribution in [3.8, 4) is 21.8 Å². The molecule has 0 spiro atoms. The number of nitrogens with one attached hydrogen (secondary N) is 1. The molecule has 0 aliphatic rings. The summed E-state index contributed by atoms with van der Waals surface area (Å²) < 4.78 is 15.5. The number of carbonyl (C=O) groups excluding carboxylic acids is 1. The van der Waals surface area contributed by atoms with Gasteiger partial charge in [-0.1, -0.05) is 6.07 Å². The van der Waals surface area contributed by atoms with E-state index in [0.717, 1.165) is 25.5 Å². The molecule has 174 valence electrons. The largest absolute Gasteiger partial charge is 0.324 e. The molecular weight excluding hydrogens is 463 g/mol. The first-order valence-electron chi connectivity index (χ1n) is 11.0. The number of benzene rings is 3. The number of halogens is 1. The second kappa shape index (κ2) is 9.23. The third kappa shape index (κ3) is 4.74. The summed E-state index contributed by atoms with van der Waals surface area (Å²) in [6.45, 7) is 3.66. The first-order valence-corrected chi connectivity index (χ1v) is 11.8. The summed E-state index contributed by atoms with van der Waals surface area (Å²) >= 11 is 1.62. The first-order chi connectivity index (χ1) is 16.9. The number of aromatic nitrogens is 3. The number of hydrogen-bond donors (Lipinski definition) is 1. The van der Waals surface area contributed by atoms with E-state index >= 15 is 0 Å². The van der Waals surface area contributed by atoms with Gasteiger partial charge in [0.25, 0.3) is 5.56 Å².